The lowest BCUT2D eigenvalue weighted by Gasteiger charge is -2.11. The maximum atomic E-state index is 12.9. The van der Waals surface area contributed by atoms with Crippen molar-refractivity contribution in [1.82, 2.24) is 4.98 Å². The van der Waals surface area contributed by atoms with Gasteiger partial charge in [-0.05, 0) is 30.3 Å². The van der Waals surface area contributed by atoms with Crippen LogP contribution in [0.5, 0.6) is 0 Å². The van der Waals surface area contributed by atoms with Crippen LogP contribution in [0, 0.1) is 0 Å². The van der Waals surface area contributed by atoms with Gasteiger partial charge in [0.25, 0.3) is 0 Å². The van der Waals surface area contributed by atoms with Gasteiger partial charge in [0.1, 0.15) is 0 Å². The molecular weight excluding hydrogens is 422 g/mol. The van der Waals surface area contributed by atoms with E-state index in [9.17, 15) is 18.0 Å². The Morgan fingerprint density at radius 3 is 2.41 bits per heavy atom. The number of urea groups is 1. The highest BCUT2D eigenvalue weighted by atomic mass is 35.5. The summed E-state index contributed by atoms with van der Waals surface area (Å²) in [5, 5.41) is 6.99. The van der Waals surface area contributed by atoms with Crippen LogP contribution in [-0.4, -0.2) is 11.0 Å². The van der Waals surface area contributed by atoms with Gasteiger partial charge in [-0.2, -0.15) is 13.2 Å². The summed E-state index contributed by atoms with van der Waals surface area (Å²) >= 11 is 12.6. The van der Waals surface area contributed by atoms with Crippen molar-refractivity contribution >= 4 is 51.4 Å². The molecule has 3 aromatic rings. The topological polar surface area (TPSA) is 54.0 Å². The number of halogens is 5. The third-order valence-corrected chi connectivity index (χ3v) is 4.73. The number of anilines is 2. The Kier molecular flexibility index (Phi) is 5.59. The predicted octanol–water partition coefficient (Wildman–Crippen LogP) is 6.78. The van der Waals surface area contributed by atoms with Crippen molar-refractivity contribution in [3.05, 3.63) is 63.5 Å². The Balaban J connectivity index is 1.69. The van der Waals surface area contributed by atoms with Crippen LogP contribution in [0.3, 0.4) is 0 Å². The van der Waals surface area contributed by atoms with Gasteiger partial charge in [0.15, 0.2) is 5.13 Å². The van der Waals surface area contributed by atoms with E-state index in [4.69, 9.17) is 23.2 Å². The molecule has 0 atom stereocenters. The number of nitrogens with zero attached hydrogens (tertiary/aromatic N) is 1. The lowest BCUT2D eigenvalue weighted by Crippen LogP contribution is -2.19. The zero-order valence-electron chi connectivity index (χ0n) is 13.3. The molecule has 0 bridgehead atoms. The molecule has 0 aliphatic rings. The molecule has 3 rings (SSSR count). The highest BCUT2D eigenvalue weighted by molar-refractivity contribution is 7.14. The van der Waals surface area contributed by atoms with Crippen molar-refractivity contribution in [2.24, 2.45) is 0 Å². The van der Waals surface area contributed by atoms with Crippen LogP contribution in [0.15, 0.2) is 47.8 Å². The maximum absolute atomic E-state index is 12.9. The molecule has 2 aromatic carbocycles. The Hall–Kier alpha value is -2.29. The molecule has 27 heavy (non-hydrogen) atoms. The number of aromatic nitrogens is 1. The molecular formula is C17H10Cl2F3N3OS. The standard InChI is InChI=1S/C17H10Cl2F3N3OS/c18-10-3-1-9(2-4-10)14-8-27-16(24-14)25-15(26)23-11-5-6-13(19)12(7-11)17(20,21)22/h1-8H,(H2,23,24,25,26). The summed E-state index contributed by atoms with van der Waals surface area (Å²) in [6.07, 6.45) is -4.62. The number of alkyl halides is 3. The van der Waals surface area contributed by atoms with E-state index in [0.29, 0.717) is 15.8 Å². The summed E-state index contributed by atoms with van der Waals surface area (Å²) < 4.78 is 38.6. The van der Waals surface area contributed by atoms with Crippen LogP contribution in [0.1, 0.15) is 5.56 Å². The zero-order chi connectivity index (χ0) is 19.6. The Morgan fingerprint density at radius 2 is 1.74 bits per heavy atom. The van der Waals surface area contributed by atoms with Crippen molar-refractivity contribution in [2.45, 2.75) is 6.18 Å². The van der Waals surface area contributed by atoms with Crippen molar-refractivity contribution in [1.29, 1.82) is 0 Å². The average molecular weight is 432 g/mol. The molecule has 2 N–H and O–H groups in total. The summed E-state index contributed by atoms with van der Waals surface area (Å²) in [6.45, 7) is 0. The van der Waals surface area contributed by atoms with Gasteiger partial charge in [-0.1, -0.05) is 35.3 Å². The van der Waals surface area contributed by atoms with Gasteiger partial charge in [0.2, 0.25) is 0 Å². The molecule has 0 aliphatic carbocycles. The number of benzene rings is 2. The van der Waals surface area contributed by atoms with Gasteiger partial charge in [-0.25, -0.2) is 9.78 Å². The SMILES string of the molecule is O=C(Nc1ccc(Cl)c(C(F)(F)F)c1)Nc1nc(-c2ccc(Cl)cc2)cs1. The van der Waals surface area contributed by atoms with Crippen LogP contribution in [0.4, 0.5) is 28.8 Å². The third-order valence-electron chi connectivity index (χ3n) is 3.39. The number of nitrogens with one attached hydrogen (secondary N) is 2. The fourth-order valence-corrected chi connectivity index (χ4v) is 3.23. The lowest BCUT2D eigenvalue weighted by molar-refractivity contribution is -0.137. The first-order valence-corrected chi connectivity index (χ1v) is 9.02. The van der Waals surface area contributed by atoms with E-state index in [1.54, 1.807) is 29.6 Å². The first kappa shape index (κ1) is 19.5. The largest absolute Gasteiger partial charge is 0.417 e. The molecule has 140 valence electrons. The van der Waals surface area contributed by atoms with E-state index in [2.05, 4.69) is 15.6 Å². The van der Waals surface area contributed by atoms with Gasteiger partial charge in [0.05, 0.1) is 16.3 Å². The average Bonchev–Trinajstić information content (AvgIpc) is 3.04. The molecule has 0 saturated heterocycles. The number of carbonyl (C=O) groups excluding carboxylic acids is 1. The maximum Gasteiger partial charge on any atom is 0.417 e. The number of thiazole rings is 1. The Labute approximate surface area is 165 Å². The van der Waals surface area contributed by atoms with E-state index < -0.39 is 22.8 Å². The molecule has 0 radical (unpaired) electrons. The molecule has 10 heteroatoms. The minimum atomic E-state index is -4.62. The van der Waals surface area contributed by atoms with Crippen molar-refractivity contribution in [2.75, 3.05) is 10.6 Å². The normalized spacial score (nSPS) is 11.3. The smallest absolute Gasteiger partial charge is 0.308 e. The minimum absolute atomic E-state index is 0.0429. The summed E-state index contributed by atoms with van der Waals surface area (Å²) in [7, 11) is 0. The Bertz CT molecular complexity index is 974. The minimum Gasteiger partial charge on any atom is -0.308 e. The zero-order valence-corrected chi connectivity index (χ0v) is 15.6. The molecule has 0 unspecified atom stereocenters. The van der Waals surface area contributed by atoms with Crippen molar-refractivity contribution in [3.63, 3.8) is 0 Å². The predicted molar refractivity (Wildman–Crippen MR) is 102 cm³/mol. The summed E-state index contributed by atoms with van der Waals surface area (Å²) in [5.41, 5.74) is 0.384. The molecule has 2 amide bonds. The molecule has 0 spiro atoms. The van der Waals surface area contributed by atoms with Gasteiger partial charge in [-0.3, -0.25) is 5.32 Å². The van der Waals surface area contributed by atoms with E-state index in [0.717, 1.165) is 17.7 Å². The fourth-order valence-electron chi connectivity index (χ4n) is 2.16. The molecule has 1 heterocycles. The number of rotatable bonds is 3. The van der Waals surface area contributed by atoms with Crippen LogP contribution in [0.2, 0.25) is 10.0 Å². The highest BCUT2D eigenvalue weighted by Gasteiger charge is 2.33. The molecule has 0 saturated carbocycles. The molecule has 1 aromatic heterocycles. The van der Waals surface area contributed by atoms with E-state index >= 15 is 0 Å². The number of hydrogen-bond donors (Lipinski definition) is 2. The first-order valence-electron chi connectivity index (χ1n) is 7.38. The second-order valence-electron chi connectivity index (χ2n) is 5.32. The van der Waals surface area contributed by atoms with Crippen molar-refractivity contribution in [3.8, 4) is 11.3 Å². The Morgan fingerprint density at radius 1 is 1.04 bits per heavy atom. The van der Waals surface area contributed by atoms with E-state index in [1.807, 2.05) is 0 Å². The fraction of sp³-hybridized carbons (Fsp3) is 0.0588. The van der Waals surface area contributed by atoms with Crippen LogP contribution in [-0.2, 0) is 6.18 Å². The first-order chi connectivity index (χ1) is 12.7. The van der Waals surface area contributed by atoms with Crippen LogP contribution < -0.4 is 10.6 Å². The van der Waals surface area contributed by atoms with Gasteiger partial charge in [-0.15, -0.1) is 11.3 Å². The second kappa shape index (κ2) is 7.75. The van der Waals surface area contributed by atoms with E-state index in [-0.39, 0.29) is 5.69 Å². The number of carbonyl (C=O) groups is 1. The van der Waals surface area contributed by atoms with Crippen molar-refractivity contribution < 1.29 is 18.0 Å². The third kappa shape index (κ3) is 4.91. The monoisotopic (exact) mass is 431 g/mol. The van der Waals surface area contributed by atoms with Gasteiger partial charge in [0, 0.05) is 21.7 Å². The summed E-state index contributed by atoms with van der Waals surface area (Å²) in [6, 6.07) is 9.40. The summed E-state index contributed by atoms with van der Waals surface area (Å²) in [5.74, 6) is 0. The van der Waals surface area contributed by atoms with Crippen LogP contribution >= 0.6 is 34.5 Å². The second-order valence-corrected chi connectivity index (χ2v) is 7.02. The number of hydrogen-bond acceptors (Lipinski definition) is 3. The quantitative estimate of drug-likeness (QED) is 0.480. The molecule has 0 fully saturated rings. The van der Waals surface area contributed by atoms with Crippen LogP contribution in [0.25, 0.3) is 11.3 Å². The van der Waals surface area contributed by atoms with E-state index in [1.165, 1.54) is 17.4 Å². The highest BCUT2D eigenvalue weighted by Crippen LogP contribution is 2.36. The van der Waals surface area contributed by atoms with Gasteiger partial charge < -0.3 is 5.32 Å². The summed E-state index contributed by atoms with van der Waals surface area (Å²) in [4.78, 5) is 16.3. The lowest BCUT2D eigenvalue weighted by atomic mass is 10.2. The number of amides is 2. The molecule has 4 nitrogen and oxygen atoms in total. The van der Waals surface area contributed by atoms with Gasteiger partial charge >= 0.3 is 12.2 Å². The molecule has 0 aliphatic heterocycles.